The number of pyridine rings is 3. The number of hydrogen-bond acceptors (Lipinski definition) is 5. The fourth-order valence-electron chi connectivity index (χ4n) is 4.20. The summed E-state index contributed by atoms with van der Waals surface area (Å²) in [6, 6.07) is 26.6. The molecule has 0 fully saturated rings. The van der Waals surface area contributed by atoms with Crippen LogP contribution in [0.5, 0.6) is 0 Å². The Morgan fingerprint density at radius 2 is 1.43 bits per heavy atom. The largest absolute Gasteiger partial charge is 0.264 e. The van der Waals surface area contributed by atoms with Crippen molar-refractivity contribution in [1.29, 1.82) is 0 Å². The van der Waals surface area contributed by atoms with Crippen LogP contribution in [0, 0.1) is 12.3 Å². The van der Waals surface area contributed by atoms with Gasteiger partial charge in [-0.3, -0.25) is 9.97 Å². The smallest absolute Gasteiger partial charge is 0.124 e. The first-order valence-corrected chi connectivity index (χ1v) is 11.9. The zero-order chi connectivity index (χ0) is 23.6. The summed E-state index contributed by atoms with van der Waals surface area (Å²) in [7, 11) is 0. The van der Waals surface area contributed by atoms with E-state index in [1.165, 1.54) is 4.70 Å². The van der Waals surface area contributed by atoms with Gasteiger partial charge in [0.05, 0.1) is 15.9 Å². The number of nitrogens with zero attached hydrogens (tertiary/aromatic N) is 4. The predicted octanol–water partition coefficient (Wildman–Crippen LogP) is 7.13. The summed E-state index contributed by atoms with van der Waals surface area (Å²) < 4.78 is 1.19. The van der Waals surface area contributed by atoms with Crippen molar-refractivity contribution in [2.75, 3.05) is 0 Å². The average molecular weight is 467 g/mol. The molecular formula is C30H18N4S. The molecule has 0 aliphatic rings. The van der Waals surface area contributed by atoms with Gasteiger partial charge in [-0.2, -0.15) is 0 Å². The third kappa shape index (κ3) is 3.86. The molecule has 6 rings (SSSR count). The summed E-state index contributed by atoms with van der Waals surface area (Å²) >= 11 is 1.70. The van der Waals surface area contributed by atoms with Crippen LogP contribution in [0.1, 0.15) is 5.69 Å². The summed E-state index contributed by atoms with van der Waals surface area (Å²) in [5.41, 5.74) is 8.39. The number of rotatable bonds is 4. The van der Waals surface area contributed by atoms with Gasteiger partial charge in [0.15, 0.2) is 0 Å². The molecule has 0 saturated carbocycles. The Morgan fingerprint density at radius 1 is 0.657 bits per heavy atom. The van der Waals surface area contributed by atoms with Crippen molar-refractivity contribution in [3.05, 3.63) is 109 Å². The Morgan fingerprint density at radius 3 is 2.26 bits per heavy atom. The van der Waals surface area contributed by atoms with E-state index in [0.29, 0.717) is 5.69 Å². The average Bonchev–Trinajstić information content (AvgIpc) is 3.38. The molecule has 0 aliphatic heterocycles. The molecule has 6 aromatic rings. The highest BCUT2D eigenvalue weighted by molar-refractivity contribution is 7.21. The van der Waals surface area contributed by atoms with Crippen molar-refractivity contribution >= 4 is 21.6 Å². The van der Waals surface area contributed by atoms with Crippen LogP contribution < -0.4 is 0 Å². The second-order valence-electron chi connectivity index (χ2n) is 7.93. The van der Waals surface area contributed by atoms with E-state index in [2.05, 4.69) is 51.2 Å². The fraction of sp³-hybridized carbons (Fsp3) is 0. The van der Waals surface area contributed by atoms with Crippen molar-refractivity contribution in [3.8, 4) is 56.4 Å². The zero-order valence-corrected chi connectivity index (χ0v) is 19.4. The highest BCUT2D eigenvalue weighted by Crippen LogP contribution is 2.38. The lowest BCUT2D eigenvalue weighted by Gasteiger charge is -2.14. The van der Waals surface area contributed by atoms with Gasteiger partial charge in [-0.05, 0) is 53.4 Å². The van der Waals surface area contributed by atoms with Gasteiger partial charge in [-0.1, -0.05) is 42.5 Å². The fourth-order valence-corrected chi connectivity index (χ4v) is 5.17. The second-order valence-corrected chi connectivity index (χ2v) is 8.96. The van der Waals surface area contributed by atoms with E-state index in [-0.39, 0.29) is 0 Å². The first-order valence-electron chi connectivity index (χ1n) is 11.1. The number of fused-ring (bicyclic) bond motifs is 1. The Kier molecular flexibility index (Phi) is 5.34. The van der Waals surface area contributed by atoms with Gasteiger partial charge in [0, 0.05) is 47.0 Å². The number of thiazole rings is 1. The molecule has 0 N–H and O–H groups in total. The number of terminal acetylenes is 1. The molecule has 4 heterocycles. The van der Waals surface area contributed by atoms with Crippen LogP contribution in [0.4, 0.5) is 0 Å². The highest BCUT2D eigenvalue weighted by atomic mass is 32.1. The van der Waals surface area contributed by atoms with Crippen LogP contribution in [0.2, 0.25) is 0 Å². The van der Waals surface area contributed by atoms with E-state index < -0.39 is 0 Å². The minimum Gasteiger partial charge on any atom is -0.264 e. The van der Waals surface area contributed by atoms with Crippen molar-refractivity contribution in [2.45, 2.75) is 0 Å². The molecule has 164 valence electrons. The molecular weight excluding hydrogens is 448 g/mol. The van der Waals surface area contributed by atoms with E-state index in [9.17, 15) is 0 Å². The first kappa shape index (κ1) is 20.9. The molecule has 0 bridgehead atoms. The van der Waals surface area contributed by atoms with E-state index in [1.54, 1.807) is 23.7 Å². The molecule has 4 nitrogen and oxygen atoms in total. The molecule has 35 heavy (non-hydrogen) atoms. The Bertz CT molecular complexity index is 1680. The first-order chi connectivity index (χ1) is 17.3. The molecule has 5 heteroatoms. The van der Waals surface area contributed by atoms with Crippen molar-refractivity contribution in [1.82, 2.24) is 19.9 Å². The molecule has 0 spiro atoms. The van der Waals surface area contributed by atoms with Gasteiger partial charge in [0.2, 0.25) is 0 Å². The predicted molar refractivity (Wildman–Crippen MR) is 143 cm³/mol. The standard InChI is InChI=1S/C30H18N4S/c1-2-26-24(8-6-16-32-26)29-23(7-5-17-33-29)25-19-31-18-15-22(25)20-11-13-21(14-12-20)30-34-27-9-3-4-10-28(27)35-30/h1,3-19H. The van der Waals surface area contributed by atoms with Crippen molar-refractivity contribution in [3.63, 3.8) is 0 Å². The van der Waals surface area contributed by atoms with Crippen LogP contribution in [-0.4, -0.2) is 19.9 Å². The maximum atomic E-state index is 5.73. The Labute approximate surface area is 207 Å². The minimum atomic E-state index is 0.568. The van der Waals surface area contributed by atoms with Crippen LogP contribution in [0.15, 0.2) is 104 Å². The molecule has 0 aliphatic carbocycles. The molecule has 2 aromatic carbocycles. The van der Waals surface area contributed by atoms with Crippen molar-refractivity contribution < 1.29 is 0 Å². The summed E-state index contributed by atoms with van der Waals surface area (Å²) in [5.74, 6) is 2.68. The highest BCUT2D eigenvalue weighted by Gasteiger charge is 2.16. The van der Waals surface area contributed by atoms with E-state index in [1.807, 2.05) is 60.9 Å². The monoisotopic (exact) mass is 466 g/mol. The molecule has 0 unspecified atom stereocenters. The number of aromatic nitrogens is 4. The lowest BCUT2D eigenvalue weighted by Crippen LogP contribution is -1.95. The number of hydrogen-bond donors (Lipinski definition) is 0. The SMILES string of the molecule is C#Cc1ncccc1-c1ncccc1-c1cnccc1-c1ccc(-c2nc3ccccc3s2)cc1. The van der Waals surface area contributed by atoms with E-state index in [0.717, 1.165) is 49.6 Å². The third-order valence-corrected chi connectivity index (χ3v) is 6.94. The molecule has 0 atom stereocenters. The minimum absolute atomic E-state index is 0.568. The van der Waals surface area contributed by atoms with Crippen LogP contribution in [0.3, 0.4) is 0 Å². The van der Waals surface area contributed by atoms with Gasteiger partial charge in [-0.15, -0.1) is 17.8 Å². The Hall–Kier alpha value is -4.66. The van der Waals surface area contributed by atoms with E-state index >= 15 is 0 Å². The second kappa shape index (κ2) is 8.94. The number of para-hydroxylation sites is 1. The quantitative estimate of drug-likeness (QED) is 0.259. The molecule has 0 amide bonds. The van der Waals surface area contributed by atoms with Gasteiger partial charge >= 0.3 is 0 Å². The van der Waals surface area contributed by atoms with Crippen LogP contribution in [-0.2, 0) is 0 Å². The van der Waals surface area contributed by atoms with Crippen LogP contribution in [0.25, 0.3) is 54.3 Å². The topological polar surface area (TPSA) is 51.6 Å². The van der Waals surface area contributed by atoms with Crippen LogP contribution >= 0.6 is 11.3 Å². The third-order valence-electron chi connectivity index (χ3n) is 5.86. The normalized spacial score (nSPS) is 10.8. The van der Waals surface area contributed by atoms with Gasteiger partial charge in [-0.25, -0.2) is 9.97 Å². The van der Waals surface area contributed by atoms with Gasteiger partial charge < -0.3 is 0 Å². The maximum absolute atomic E-state index is 5.73. The van der Waals surface area contributed by atoms with E-state index in [4.69, 9.17) is 11.4 Å². The lowest BCUT2D eigenvalue weighted by molar-refractivity contribution is 1.25. The van der Waals surface area contributed by atoms with Gasteiger partial charge in [0.1, 0.15) is 10.7 Å². The van der Waals surface area contributed by atoms with Crippen molar-refractivity contribution in [2.24, 2.45) is 0 Å². The molecule has 0 radical (unpaired) electrons. The lowest BCUT2D eigenvalue weighted by atomic mass is 9.93. The Balaban J connectivity index is 1.44. The summed E-state index contributed by atoms with van der Waals surface area (Å²) in [6.07, 6.45) is 12.9. The molecule has 4 aromatic heterocycles. The number of benzene rings is 2. The maximum Gasteiger partial charge on any atom is 0.124 e. The molecule has 0 saturated heterocycles. The summed E-state index contributed by atoms with van der Waals surface area (Å²) in [6.45, 7) is 0. The summed E-state index contributed by atoms with van der Waals surface area (Å²) in [4.78, 5) is 18.2. The van der Waals surface area contributed by atoms with Gasteiger partial charge in [0.25, 0.3) is 0 Å². The summed E-state index contributed by atoms with van der Waals surface area (Å²) in [5, 5.41) is 1.01. The zero-order valence-electron chi connectivity index (χ0n) is 18.6.